The maximum Gasteiger partial charge on any atom is 0.234 e. The van der Waals surface area contributed by atoms with Crippen LogP contribution in [0.1, 0.15) is 31.4 Å². The van der Waals surface area contributed by atoms with Crippen LogP contribution in [-0.2, 0) is 4.79 Å². The molecule has 0 radical (unpaired) electrons. The summed E-state index contributed by atoms with van der Waals surface area (Å²) in [6, 6.07) is 7.84. The highest BCUT2D eigenvalue weighted by Gasteiger charge is 2.19. The van der Waals surface area contributed by atoms with Gasteiger partial charge in [0.15, 0.2) is 0 Å². The molecule has 0 spiro atoms. The molecular weight excluding hydrogens is 274 g/mol. The second-order valence-electron chi connectivity index (χ2n) is 5.45. The summed E-state index contributed by atoms with van der Waals surface area (Å²) in [6.45, 7) is 4.24. The van der Waals surface area contributed by atoms with E-state index in [0.717, 1.165) is 31.5 Å². The number of hydrogen-bond donors (Lipinski definition) is 2. The summed E-state index contributed by atoms with van der Waals surface area (Å²) in [5.74, 6) is 0.0583. The Morgan fingerprint density at radius 2 is 2.00 bits per heavy atom. The molecule has 1 heterocycles. The van der Waals surface area contributed by atoms with Gasteiger partial charge in [-0.05, 0) is 37.5 Å². The number of amides is 1. The van der Waals surface area contributed by atoms with Gasteiger partial charge in [0.25, 0.3) is 0 Å². The molecule has 20 heavy (non-hydrogen) atoms. The quantitative estimate of drug-likeness (QED) is 0.892. The van der Waals surface area contributed by atoms with Crippen molar-refractivity contribution in [1.82, 2.24) is 10.2 Å². The summed E-state index contributed by atoms with van der Waals surface area (Å²) in [4.78, 5) is 14.2. The lowest BCUT2D eigenvalue weighted by molar-refractivity contribution is -0.123. The third-order valence-corrected chi connectivity index (χ3v) is 4.00. The van der Waals surface area contributed by atoms with E-state index in [2.05, 4.69) is 10.2 Å². The summed E-state index contributed by atoms with van der Waals surface area (Å²) in [5, 5.41) is 3.72. The van der Waals surface area contributed by atoms with Crippen molar-refractivity contribution in [2.45, 2.75) is 31.8 Å². The Bertz CT molecular complexity index is 441. The van der Waals surface area contributed by atoms with Crippen LogP contribution in [0.15, 0.2) is 24.3 Å². The summed E-state index contributed by atoms with van der Waals surface area (Å²) < 4.78 is 0. The molecule has 110 valence electrons. The Hall–Kier alpha value is -1.10. The monoisotopic (exact) mass is 295 g/mol. The zero-order valence-electron chi connectivity index (χ0n) is 11.8. The number of piperidine rings is 1. The molecule has 5 heteroatoms. The first-order valence-electron chi connectivity index (χ1n) is 7.07. The molecule has 1 amide bonds. The number of hydrogen-bond acceptors (Lipinski definition) is 3. The van der Waals surface area contributed by atoms with Crippen LogP contribution in [0.2, 0.25) is 5.02 Å². The molecule has 0 unspecified atom stereocenters. The van der Waals surface area contributed by atoms with Crippen molar-refractivity contribution >= 4 is 17.5 Å². The molecule has 1 fully saturated rings. The number of nitrogens with one attached hydrogen (secondary N) is 1. The molecule has 0 aromatic heterocycles. The molecule has 1 aliphatic rings. The van der Waals surface area contributed by atoms with Gasteiger partial charge in [-0.15, -0.1) is 0 Å². The molecule has 1 aromatic rings. The number of likely N-dealkylation sites (tertiary alicyclic amines) is 1. The van der Waals surface area contributed by atoms with Gasteiger partial charge in [-0.1, -0.05) is 23.7 Å². The molecule has 3 N–H and O–H groups in total. The average molecular weight is 296 g/mol. The van der Waals surface area contributed by atoms with Gasteiger partial charge in [-0.2, -0.15) is 0 Å². The van der Waals surface area contributed by atoms with Crippen molar-refractivity contribution < 1.29 is 4.79 Å². The van der Waals surface area contributed by atoms with Gasteiger partial charge >= 0.3 is 0 Å². The summed E-state index contributed by atoms with van der Waals surface area (Å²) >= 11 is 5.86. The highest BCUT2D eigenvalue weighted by atomic mass is 35.5. The third-order valence-electron chi connectivity index (χ3n) is 3.75. The van der Waals surface area contributed by atoms with Crippen LogP contribution in [0.4, 0.5) is 0 Å². The number of halogens is 1. The molecule has 4 nitrogen and oxygen atoms in total. The van der Waals surface area contributed by atoms with E-state index in [1.807, 2.05) is 31.2 Å². The maximum atomic E-state index is 12.0. The van der Waals surface area contributed by atoms with Crippen LogP contribution in [0, 0.1) is 0 Å². The van der Waals surface area contributed by atoms with Gasteiger partial charge in [0, 0.05) is 24.2 Å². The molecule has 1 aliphatic heterocycles. The topological polar surface area (TPSA) is 58.4 Å². The predicted octanol–water partition coefficient (Wildman–Crippen LogP) is 1.94. The molecule has 1 aromatic carbocycles. The van der Waals surface area contributed by atoms with Gasteiger partial charge in [-0.25, -0.2) is 0 Å². The lowest BCUT2D eigenvalue weighted by Gasteiger charge is -2.29. The van der Waals surface area contributed by atoms with E-state index in [1.54, 1.807) is 0 Å². The summed E-state index contributed by atoms with van der Waals surface area (Å²) in [5.41, 5.74) is 6.92. The zero-order chi connectivity index (χ0) is 14.5. The van der Waals surface area contributed by atoms with E-state index in [9.17, 15) is 4.79 Å². The Kier molecular flexibility index (Phi) is 5.40. The molecular formula is C15H22ClN3O. The lowest BCUT2D eigenvalue weighted by Crippen LogP contribution is -2.44. The maximum absolute atomic E-state index is 12.0. The standard InChI is InChI=1S/C15H22ClN3O/c1-11(12-2-4-13(16)5-3-12)18-15(20)10-19-8-6-14(17)7-9-19/h2-5,11,14H,6-10,17H2,1H3,(H,18,20)/t11-/m1/s1. The van der Waals surface area contributed by atoms with E-state index < -0.39 is 0 Å². The number of nitrogens with zero attached hydrogens (tertiary/aromatic N) is 1. The van der Waals surface area contributed by atoms with E-state index in [0.29, 0.717) is 17.6 Å². The fraction of sp³-hybridized carbons (Fsp3) is 0.533. The van der Waals surface area contributed by atoms with Crippen LogP contribution in [0.25, 0.3) is 0 Å². The van der Waals surface area contributed by atoms with E-state index in [-0.39, 0.29) is 11.9 Å². The highest BCUT2D eigenvalue weighted by molar-refractivity contribution is 6.30. The minimum Gasteiger partial charge on any atom is -0.348 e. The Labute approximate surface area is 125 Å². The molecule has 0 saturated carbocycles. The smallest absolute Gasteiger partial charge is 0.234 e. The average Bonchev–Trinajstić information content (AvgIpc) is 2.42. The molecule has 2 rings (SSSR count). The van der Waals surface area contributed by atoms with Crippen molar-refractivity contribution in [2.24, 2.45) is 5.73 Å². The number of rotatable bonds is 4. The van der Waals surface area contributed by atoms with Crippen LogP contribution < -0.4 is 11.1 Å². The first kappa shape index (κ1) is 15.3. The van der Waals surface area contributed by atoms with Gasteiger partial charge in [0.1, 0.15) is 0 Å². The van der Waals surface area contributed by atoms with E-state index in [4.69, 9.17) is 17.3 Å². The second kappa shape index (κ2) is 7.07. The SMILES string of the molecule is C[C@@H](NC(=O)CN1CCC(N)CC1)c1ccc(Cl)cc1. The number of nitrogens with two attached hydrogens (primary N) is 1. The van der Waals surface area contributed by atoms with Gasteiger partial charge in [0.2, 0.25) is 5.91 Å². The third kappa shape index (κ3) is 4.47. The van der Waals surface area contributed by atoms with Crippen molar-refractivity contribution in [3.05, 3.63) is 34.9 Å². The Balaban J connectivity index is 1.80. The first-order valence-corrected chi connectivity index (χ1v) is 7.45. The normalized spacial score (nSPS) is 18.8. The Morgan fingerprint density at radius 1 is 1.40 bits per heavy atom. The lowest BCUT2D eigenvalue weighted by atomic mass is 10.1. The van der Waals surface area contributed by atoms with Gasteiger partial charge < -0.3 is 11.1 Å². The molecule has 1 saturated heterocycles. The number of carbonyl (C=O) groups is 1. The van der Waals surface area contributed by atoms with Gasteiger partial charge in [-0.3, -0.25) is 9.69 Å². The Morgan fingerprint density at radius 3 is 2.60 bits per heavy atom. The summed E-state index contributed by atoms with van der Waals surface area (Å²) in [6.07, 6.45) is 1.94. The minimum atomic E-state index is -0.00758. The van der Waals surface area contributed by atoms with Crippen molar-refractivity contribution in [2.75, 3.05) is 19.6 Å². The summed E-state index contributed by atoms with van der Waals surface area (Å²) in [7, 11) is 0. The van der Waals surface area contributed by atoms with Crippen molar-refractivity contribution in [3.63, 3.8) is 0 Å². The number of benzene rings is 1. The number of carbonyl (C=O) groups excluding carboxylic acids is 1. The fourth-order valence-corrected chi connectivity index (χ4v) is 2.56. The fourth-order valence-electron chi connectivity index (χ4n) is 2.44. The molecule has 1 atom stereocenters. The van der Waals surface area contributed by atoms with Crippen LogP contribution in [0.5, 0.6) is 0 Å². The van der Waals surface area contributed by atoms with E-state index in [1.165, 1.54) is 0 Å². The van der Waals surface area contributed by atoms with Crippen molar-refractivity contribution in [1.29, 1.82) is 0 Å². The first-order chi connectivity index (χ1) is 9.54. The van der Waals surface area contributed by atoms with Crippen LogP contribution in [0.3, 0.4) is 0 Å². The van der Waals surface area contributed by atoms with Crippen LogP contribution in [-0.4, -0.2) is 36.5 Å². The van der Waals surface area contributed by atoms with Gasteiger partial charge in [0.05, 0.1) is 12.6 Å². The predicted molar refractivity (Wildman–Crippen MR) is 81.7 cm³/mol. The largest absolute Gasteiger partial charge is 0.348 e. The van der Waals surface area contributed by atoms with Crippen LogP contribution >= 0.6 is 11.6 Å². The highest BCUT2D eigenvalue weighted by Crippen LogP contribution is 2.16. The van der Waals surface area contributed by atoms with Crippen molar-refractivity contribution in [3.8, 4) is 0 Å². The van der Waals surface area contributed by atoms with E-state index >= 15 is 0 Å². The molecule has 0 bridgehead atoms. The zero-order valence-corrected chi connectivity index (χ0v) is 12.6. The second-order valence-corrected chi connectivity index (χ2v) is 5.89. The molecule has 0 aliphatic carbocycles. The minimum absolute atomic E-state index is 0.00758.